The molecule has 0 bridgehead atoms. The summed E-state index contributed by atoms with van der Waals surface area (Å²) in [5, 5.41) is 0. The van der Waals surface area contributed by atoms with E-state index in [1.54, 1.807) is 17.0 Å². The summed E-state index contributed by atoms with van der Waals surface area (Å²) < 4.78 is 7.06. The van der Waals surface area contributed by atoms with Crippen molar-refractivity contribution in [1.29, 1.82) is 0 Å². The van der Waals surface area contributed by atoms with Crippen LogP contribution in [0, 0.1) is 0 Å². The van der Waals surface area contributed by atoms with E-state index in [4.69, 9.17) is 4.74 Å². The van der Waals surface area contributed by atoms with Gasteiger partial charge in [-0.1, -0.05) is 0 Å². The molecule has 5 nitrogen and oxygen atoms in total. The molecule has 2 aromatic rings. The summed E-state index contributed by atoms with van der Waals surface area (Å²) >= 11 is 0. The van der Waals surface area contributed by atoms with Gasteiger partial charge in [-0.3, -0.25) is 9.55 Å². The van der Waals surface area contributed by atoms with Crippen molar-refractivity contribution in [3.63, 3.8) is 0 Å². The molecule has 0 aliphatic carbocycles. The minimum Gasteiger partial charge on any atom is -0.379 e. The van der Waals surface area contributed by atoms with Crippen LogP contribution in [0.3, 0.4) is 0 Å². The van der Waals surface area contributed by atoms with Crippen LogP contribution < -0.4 is 5.69 Å². The molecule has 15 heavy (non-hydrogen) atoms. The van der Waals surface area contributed by atoms with Crippen LogP contribution in [-0.4, -0.2) is 27.7 Å². The molecule has 3 heterocycles. The minimum absolute atomic E-state index is 0.0755. The van der Waals surface area contributed by atoms with Crippen LogP contribution >= 0.6 is 0 Å². The summed E-state index contributed by atoms with van der Waals surface area (Å²) in [5.41, 5.74) is 1.62. The Morgan fingerprint density at radius 1 is 1.60 bits per heavy atom. The second-order valence-corrected chi connectivity index (χ2v) is 3.71. The molecule has 2 aromatic heterocycles. The summed E-state index contributed by atoms with van der Waals surface area (Å²) in [5.74, 6) is 0. The Hall–Kier alpha value is -1.62. The van der Waals surface area contributed by atoms with Gasteiger partial charge >= 0.3 is 5.69 Å². The van der Waals surface area contributed by atoms with Crippen LogP contribution in [0.2, 0.25) is 0 Å². The third-order valence-electron chi connectivity index (χ3n) is 2.79. The van der Waals surface area contributed by atoms with Crippen LogP contribution in [-0.2, 0) is 4.74 Å². The Balaban J connectivity index is 2.23. The van der Waals surface area contributed by atoms with Gasteiger partial charge in [-0.25, -0.2) is 4.79 Å². The van der Waals surface area contributed by atoms with Gasteiger partial charge in [0.05, 0.1) is 29.9 Å². The molecule has 5 heteroatoms. The zero-order valence-corrected chi connectivity index (χ0v) is 8.14. The third-order valence-corrected chi connectivity index (χ3v) is 2.79. The maximum absolute atomic E-state index is 11.7. The number of imidazole rings is 1. The predicted octanol–water partition coefficient (Wildman–Crippen LogP) is 0.686. The minimum atomic E-state index is -0.0755. The fourth-order valence-electron chi connectivity index (χ4n) is 2.07. The summed E-state index contributed by atoms with van der Waals surface area (Å²) in [4.78, 5) is 18.5. The SMILES string of the molecule is O=c1[nH]c2cnccc2n1[C@@H]1CCOC1. The maximum Gasteiger partial charge on any atom is 0.326 e. The van der Waals surface area contributed by atoms with Gasteiger partial charge in [0.2, 0.25) is 0 Å². The lowest BCUT2D eigenvalue weighted by Gasteiger charge is -2.08. The molecule has 78 valence electrons. The Labute approximate surface area is 85.7 Å². The first-order chi connectivity index (χ1) is 7.36. The largest absolute Gasteiger partial charge is 0.379 e. The van der Waals surface area contributed by atoms with Gasteiger partial charge in [0.1, 0.15) is 0 Å². The first kappa shape index (κ1) is 8.67. The van der Waals surface area contributed by atoms with Gasteiger partial charge in [0, 0.05) is 12.8 Å². The first-order valence-corrected chi connectivity index (χ1v) is 4.98. The number of pyridine rings is 1. The molecule has 1 atom stereocenters. The molecule has 0 aromatic carbocycles. The highest BCUT2D eigenvalue weighted by Crippen LogP contribution is 2.21. The number of hydrogen-bond donors (Lipinski definition) is 1. The van der Waals surface area contributed by atoms with E-state index < -0.39 is 0 Å². The Morgan fingerprint density at radius 3 is 3.33 bits per heavy atom. The number of ether oxygens (including phenoxy) is 1. The predicted molar refractivity (Wildman–Crippen MR) is 54.8 cm³/mol. The number of aromatic amines is 1. The highest BCUT2D eigenvalue weighted by Gasteiger charge is 2.21. The first-order valence-electron chi connectivity index (χ1n) is 4.98. The fraction of sp³-hybridized carbons (Fsp3) is 0.400. The topological polar surface area (TPSA) is 59.9 Å². The van der Waals surface area contributed by atoms with E-state index in [1.807, 2.05) is 6.07 Å². The second-order valence-electron chi connectivity index (χ2n) is 3.71. The van der Waals surface area contributed by atoms with Crippen molar-refractivity contribution in [1.82, 2.24) is 14.5 Å². The molecule has 1 N–H and O–H groups in total. The molecule has 3 rings (SSSR count). The summed E-state index contributed by atoms with van der Waals surface area (Å²) in [6.07, 6.45) is 4.26. The fourth-order valence-corrected chi connectivity index (χ4v) is 2.07. The average molecular weight is 205 g/mol. The van der Waals surface area contributed by atoms with Crippen molar-refractivity contribution >= 4 is 11.0 Å². The Bertz CT molecular complexity index is 537. The zero-order chi connectivity index (χ0) is 10.3. The lowest BCUT2D eigenvalue weighted by atomic mass is 10.2. The molecular weight excluding hydrogens is 194 g/mol. The van der Waals surface area contributed by atoms with Crippen LogP contribution in [0.1, 0.15) is 12.5 Å². The number of nitrogens with zero attached hydrogens (tertiary/aromatic N) is 2. The van der Waals surface area contributed by atoms with E-state index in [0.717, 1.165) is 24.1 Å². The molecule has 0 amide bonds. The van der Waals surface area contributed by atoms with Crippen molar-refractivity contribution in [2.45, 2.75) is 12.5 Å². The Morgan fingerprint density at radius 2 is 2.53 bits per heavy atom. The zero-order valence-electron chi connectivity index (χ0n) is 8.14. The van der Waals surface area contributed by atoms with Gasteiger partial charge < -0.3 is 9.72 Å². The highest BCUT2D eigenvalue weighted by atomic mass is 16.5. The molecule has 0 saturated carbocycles. The van der Waals surface area contributed by atoms with Crippen molar-refractivity contribution in [2.24, 2.45) is 0 Å². The molecule has 1 aliphatic heterocycles. The molecule has 0 unspecified atom stereocenters. The van der Waals surface area contributed by atoms with Gasteiger partial charge in [-0.05, 0) is 12.5 Å². The van der Waals surface area contributed by atoms with E-state index in [0.29, 0.717) is 6.61 Å². The summed E-state index contributed by atoms with van der Waals surface area (Å²) in [6.45, 7) is 1.35. The molecule has 1 aliphatic rings. The Kier molecular flexibility index (Phi) is 1.85. The monoisotopic (exact) mass is 205 g/mol. The summed E-state index contributed by atoms with van der Waals surface area (Å²) in [6, 6.07) is 2.01. The van der Waals surface area contributed by atoms with Gasteiger partial charge in [-0.2, -0.15) is 0 Å². The van der Waals surface area contributed by atoms with E-state index in [1.165, 1.54) is 0 Å². The third kappa shape index (κ3) is 1.27. The van der Waals surface area contributed by atoms with E-state index >= 15 is 0 Å². The number of hydrogen-bond acceptors (Lipinski definition) is 3. The summed E-state index contributed by atoms with van der Waals surface area (Å²) in [7, 11) is 0. The number of fused-ring (bicyclic) bond motifs is 1. The molecular formula is C10H11N3O2. The van der Waals surface area contributed by atoms with E-state index in [9.17, 15) is 4.79 Å². The lowest BCUT2D eigenvalue weighted by Crippen LogP contribution is -2.22. The standard InChI is InChI=1S/C10H11N3O2/c14-10-12-8-5-11-3-1-9(8)13(10)7-2-4-15-6-7/h1,3,5,7H,2,4,6H2,(H,12,14)/t7-/m1/s1. The van der Waals surface area contributed by atoms with Gasteiger partial charge in [0.25, 0.3) is 0 Å². The van der Waals surface area contributed by atoms with Crippen LogP contribution in [0.15, 0.2) is 23.3 Å². The van der Waals surface area contributed by atoms with Gasteiger partial charge in [-0.15, -0.1) is 0 Å². The number of nitrogens with one attached hydrogen (secondary N) is 1. The number of rotatable bonds is 1. The van der Waals surface area contributed by atoms with Crippen LogP contribution in [0.5, 0.6) is 0 Å². The van der Waals surface area contributed by atoms with Crippen molar-refractivity contribution in [3.05, 3.63) is 28.9 Å². The normalized spacial score (nSPS) is 21.2. The average Bonchev–Trinajstić information content (AvgIpc) is 2.82. The maximum atomic E-state index is 11.7. The van der Waals surface area contributed by atoms with Crippen LogP contribution in [0.25, 0.3) is 11.0 Å². The second kappa shape index (κ2) is 3.20. The number of H-pyrrole nitrogens is 1. The van der Waals surface area contributed by atoms with E-state index in [-0.39, 0.29) is 11.7 Å². The molecule has 0 radical (unpaired) electrons. The van der Waals surface area contributed by atoms with Crippen LogP contribution in [0.4, 0.5) is 0 Å². The molecule has 1 fully saturated rings. The van der Waals surface area contributed by atoms with Crippen molar-refractivity contribution in [3.8, 4) is 0 Å². The quantitative estimate of drug-likeness (QED) is 0.745. The van der Waals surface area contributed by atoms with E-state index in [2.05, 4.69) is 9.97 Å². The number of aromatic nitrogens is 3. The highest BCUT2D eigenvalue weighted by molar-refractivity contribution is 5.73. The smallest absolute Gasteiger partial charge is 0.326 e. The van der Waals surface area contributed by atoms with Gasteiger partial charge in [0.15, 0.2) is 0 Å². The molecule has 1 saturated heterocycles. The van der Waals surface area contributed by atoms with Crippen molar-refractivity contribution < 1.29 is 4.74 Å². The lowest BCUT2D eigenvalue weighted by molar-refractivity contribution is 0.186. The molecule has 0 spiro atoms. The van der Waals surface area contributed by atoms with Crippen molar-refractivity contribution in [2.75, 3.05) is 13.2 Å².